The lowest BCUT2D eigenvalue weighted by Crippen LogP contribution is -2.08. The Morgan fingerprint density at radius 3 is 2.57 bits per heavy atom. The van der Waals surface area contributed by atoms with Crippen LogP contribution in [0.3, 0.4) is 0 Å². The van der Waals surface area contributed by atoms with Gasteiger partial charge in [-0.25, -0.2) is 4.79 Å². The van der Waals surface area contributed by atoms with Gasteiger partial charge in [0.15, 0.2) is 0 Å². The van der Waals surface area contributed by atoms with Crippen molar-refractivity contribution in [2.24, 2.45) is 0 Å². The normalized spacial score (nSPS) is 10.3. The highest BCUT2D eigenvalue weighted by molar-refractivity contribution is 5.91. The van der Waals surface area contributed by atoms with Crippen molar-refractivity contribution in [2.45, 2.75) is 27.3 Å². The van der Waals surface area contributed by atoms with Gasteiger partial charge in [-0.2, -0.15) is 0 Å². The Balaban J connectivity index is 2.12. The van der Waals surface area contributed by atoms with E-state index in [9.17, 15) is 9.59 Å². The maximum absolute atomic E-state index is 11.6. The first-order valence-corrected chi connectivity index (χ1v) is 7.21. The zero-order valence-electron chi connectivity index (χ0n) is 13.6. The van der Waals surface area contributed by atoms with E-state index in [1.54, 1.807) is 13.0 Å². The topological polar surface area (TPSA) is 80.6 Å². The first-order valence-electron chi connectivity index (χ1n) is 7.21. The number of carbonyl (C=O) groups is 2. The summed E-state index contributed by atoms with van der Waals surface area (Å²) in [6, 6.07) is 7.28. The van der Waals surface area contributed by atoms with Crippen LogP contribution < -0.4 is 10.6 Å². The van der Waals surface area contributed by atoms with Gasteiger partial charge in [0, 0.05) is 18.3 Å². The van der Waals surface area contributed by atoms with Crippen LogP contribution in [0.4, 0.5) is 11.4 Å². The molecule has 2 aromatic rings. The second-order valence-corrected chi connectivity index (χ2v) is 5.19. The molecule has 6 heteroatoms. The number of esters is 1. The highest BCUT2D eigenvalue weighted by Crippen LogP contribution is 2.24. The summed E-state index contributed by atoms with van der Waals surface area (Å²) in [6.07, 6.45) is 0. The minimum absolute atomic E-state index is 0.116. The molecule has 0 atom stereocenters. The summed E-state index contributed by atoms with van der Waals surface area (Å²) < 4.78 is 10.3. The van der Waals surface area contributed by atoms with Crippen LogP contribution in [-0.2, 0) is 16.1 Å². The lowest BCUT2D eigenvalue weighted by atomic mass is 10.1. The van der Waals surface area contributed by atoms with Crippen molar-refractivity contribution in [2.75, 3.05) is 17.7 Å². The molecule has 0 aliphatic rings. The van der Waals surface area contributed by atoms with Gasteiger partial charge >= 0.3 is 5.97 Å². The molecule has 0 bridgehead atoms. The number of aryl methyl sites for hydroxylation is 1. The minimum atomic E-state index is -0.415. The summed E-state index contributed by atoms with van der Waals surface area (Å²) in [5.41, 5.74) is 2.99. The Morgan fingerprint density at radius 2 is 1.91 bits per heavy atom. The highest BCUT2D eigenvalue weighted by atomic mass is 16.5. The molecule has 6 nitrogen and oxygen atoms in total. The molecule has 0 radical (unpaired) electrons. The van der Waals surface area contributed by atoms with E-state index in [-0.39, 0.29) is 5.91 Å². The molecular weight excluding hydrogens is 296 g/mol. The van der Waals surface area contributed by atoms with E-state index in [2.05, 4.69) is 10.6 Å². The van der Waals surface area contributed by atoms with Crippen molar-refractivity contribution in [3.05, 3.63) is 46.9 Å². The fourth-order valence-corrected chi connectivity index (χ4v) is 2.28. The molecule has 2 rings (SSSR count). The first-order chi connectivity index (χ1) is 10.9. The maximum Gasteiger partial charge on any atom is 0.341 e. The second kappa shape index (κ2) is 7.00. The predicted octanol–water partition coefficient (Wildman–Crippen LogP) is 3.25. The third kappa shape index (κ3) is 3.91. The van der Waals surface area contributed by atoms with Crippen LogP contribution in [0, 0.1) is 13.8 Å². The predicted molar refractivity (Wildman–Crippen MR) is 87.6 cm³/mol. The average molecular weight is 316 g/mol. The van der Waals surface area contributed by atoms with Crippen molar-refractivity contribution in [3.8, 4) is 0 Å². The second-order valence-electron chi connectivity index (χ2n) is 5.19. The highest BCUT2D eigenvalue weighted by Gasteiger charge is 2.15. The summed E-state index contributed by atoms with van der Waals surface area (Å²) in [4.78, 5) is 22.8. The number of hydrogen-bond donors (Lipinski definition) is 2. The molecule has 0 fully saturated rings. The Hall–Kier alpha value is -2.76. The van der Waals surface area contributed by atoms with E-state index in [4.69, 9.17) is 9.15 Å². The van der Waals surface area contributed by atoms with Crippen LogP contribution >= 0.6 is 0 Å². The van der Waals surface area contributed by atoms with Crippen molar-refractivity contribution in [3.63, 3.8) is 0 Å². The van der Waals surface area contributed by atoms with Gasteiger partial charge in [-0.15, -0.1) is 0 Å². The van der Waals surface area contributed by atoms with Crippen molar-refractivity contribution in [1.29, 1.82) is 0 Å². The summed E-state index contributed by atoms with van der Waals surface area (Å²) in [6.45, 7) is 5.53. The van der Waals surface area contributed by atoms with Crippen LogP contribution in [0.15, 0.2) is 28.7 Å². The quantitative estimate of drug-likeness (QED) is 0.828. The average Bonchev–Trinajstić information content (AvgIpc) is 2.88. The van der Waals surface area contributed by atoms with Gasteiger partial charge in [-0.1, -0.05) is 6.07 Å². The van der Waals surface area contributed by atoms with Gasteiger partial charge in [0.1, 0.15) is 17.1 Å². The molecule has 1 aromatic heterocycles. The third-order valence-corrected chi connectivity index (χ3v) is 3.47. The number of nitrogens with one attached hydrogen (secondary N) is 2. The molecule has 0 saturated carbocycles. The number of carbonyl (C=O) groups excluding carboxylic acids is 2. The molecule has 0 unspecified atom stereocenters. The van der Waals surface area contributed by atoms with Crippen molar-refractivity contribution >= 4 is 23.3 Å². The van der Waals surface area contributed by atoms with Crippen LogP contribution in [0.5, 0.6) is 0 Å². The Labute approximate surface area is 134 Å². The van der Waals surface area contributed by atoms with Crippen LogP contribution in [0.2, 0.25) is 0 Å². The van der Waals surface area contributed by atoms with Gasteiger partial charge in [0.2, 0.25) is 5.91 Å². The lowest BCUT2D eigenvalue weighted by Gasteiger charge is -2.12. The third-order valence-electron chi connectivity index (χ3n) is 3.47. The molecule has 0 aliphatic heterocycles. The fourth-order valence-electron chi connectivity index (χ4n) is 2.28. The van der Waals surface area contributed by atoms with Crippen LogP contribution in [-0.4, -0.2) is 19.0 Å². The summed E-state index contributed by atoms with van der Waals surface area (Å²) in [5.74, 6) is 0.626. The monoisotopic (exact) mass is 316 g/mol. The number of furan rings is 1. The zero-order valence-corrected chi connectivity index (χ0v) is 13.6. The first kappa shape index (κ1) is 16.6. The van der Waals surface area contributed by atoms with Crippen molar-refractivity contribution < 1.29 is 18.7 Å². The molecule has 0 aliphatic carbocycles. The summed E-state index contributed by atoms with van der Waals surface area (Å²) in [5, 5.41) is 6.03. The van der Waals surface area contributed by atoms with Gasteiger partial charge in [-0.3, -0.25) is 4.79 Å². The SMILES string of the molecule is COC(=O)c1cc(CNc2cccc(NC(C)=O)c2C)oc1C. The van der Waals surface area contributed by atoms with E-state index in [1.165, 1.54) is 14.0 Å². The Morgan fingerprint density at radius 1 is 1.22 bits per heavy atom. The van der Waals surface area contributed by atoms with Crippen molar-refractivity contribution in [1.82, 2.24) is 0 Å². The van der Waals surface area contributed by atoms with E-state index in [0.717, 1.165) is 16.9 Å². The van der Waals surface area contributed by atoms with Crippen LogP contribution in [0.25, 0.3) is 0 Å². The van der Waals surface area contributed by atoms with E-state index in [1.807, 2.05) is 25.1 Å². The Bertz CT molecular complexity index is 734. The number of amides is 1. The summed E-state index contributed by atoms with van der Waals surface area (Å²) >= 11 is 0. The maximum atomic E-state index is 11.6. The zero-order chi connectivity index (χ0) is 17.0. The smallest absolute Gasteiger partial charge is 0.341 e. The number of hydrogen-bond acceptors (Lipinski definition) is 5. The molecule has 0 spiro atoms. The number of methoxy groups -OCH3 is 1. The van der Waals surface area contributed by atoms with Gasteiger partial charge in [0.25, 0.3) is 0 Å². The number of anilines is 2. The lowest BCUT2D eigenvalue weighted by molar-refractivity contribution is -0.114. The van der Waals surface area contributed by atoms with E-state index >= 15 is 0 Å². The molecule has 0 saturated heterocycles. The molecule has 2 N–H and O–H groups in total. The Kier molecular flexibility index (Phi) is 5.05. The van der Waals surface area contributed by atoms with Crippen LogP contribution in [0.1, 0.15) is 34.4 Å². The molecule has 23 heavy (non-hydrogen) atoms. The van der Waals surface area contributed by atoms with Gasteiger partial charge in [0.05, 0.1) is 13.7 Å². The number of rotatable bonds is 5. The molecule has 122 valence electrons. The van der Waals surface area contributed by atoms with E-state index in [0.29, 0.717) is 23.6 Å². The minimum Gasteiger partial charge on any atom is -0.465 e. The summed E-state index contributed by atoms with van der Waals surface area (Å²) in [7, 11) is 1.34. The molecule has 1 aromatic carbocycles. The standard InChI is InChI=1S/C17H20N2O4/c1-10-15(6-5-7-16(10)19-12(3)20)18-9-13-8-14(11(2)23-13)17(21)22-4/h5-8,18H,9H2,1-4H3,(H,19,20). The molecule has 1 heterocycles. The number of ether oxygens (including phenoxy) is 1. The molecular formula is C17H20N2O4. The molecule has 1 amide bonds. The van der Waals surface area contributed by atoms with Gasteiger partial charge < -0.3 is 19.8 Å². The van der Waals surface area contributed by atoms with Gasteiger partial charge in [-0.05, 0) is 37.6 Å². The fraction of sp³-hybridized carbons (Fsp3) is 0.294. The largest absolute Gasteiger partial charge is 0.465 e. The van der Waals surface area contributed by atoms with E-state index < -0.39 is 5.97 Å². The number of benzene rings is 1.